The molecule has 1 aliphatic carbocycles. The fraction of sp³-hybridized carbons (Fsp3) is 0.320. The van der Waals surface area contributed by atoms with E-state index in [-0.39, 0.29) is 23.3 Å². The molecule has 4 aromatic rings. The van der Waals surface area contributed by atoms with E-state index in [1.807, 2.05) is 49.2 Å². The van der Waals surface area contributed by atoms with Crippen molar-refractivity contribution in [1.29, 1.82) is 0 Å². The molecule has 2 aromatic carbocycles. The van der Waals surface area contributed by atoms with Gasteiger partial charge in [0, 0.05) is 19.6 Å². The Morgan fingerprint density at radius 2 is 1.80 bits per heavy atom. The lowest BCUT2D eigenvalue weighted by atomic mass is 10.1. The van der Waals surface area contributed by atoms with Gasteiger partial charge < -0.3 is 4.90 Å². The van der Waals surface area contributed by atoms with Crippen LogP contribution >= 0.6 is 11.8 Å². The van der Waals surface area contributed by atoms with E-state index in [0.29, 0.717) is 17.4 Å². The number of hydrogen-bond acceptors (Lipinski definition) is 6. The Morgan fingerprint density at radius 1 is 1.09 bits per heavy atom. The summed E-state index contributed by atoms with van der Waals surface area (Å²) in [7, 11) is 1.83. The van der Waals surface area contributed by atoms with Crippen molar-refractivity contribution in [2.45, 2.75) is 44.4 Å². The molecule has 0 atom stereocenters. The van der Waals surface area contributed by atoms with Gasteiger partial charge in [0.15, 0.2) is 5.69 Å². The molecule has 5 rings (SSSR count). The van der Waals surface area contributed by atoms with Gasteiger partial charge in [-0.15, -0.1) is 5.10 Å². The summed E-state index contributed by atoms with van der Waals surface area (Å²) in [6.07, 6.45) is 2.06. The van der Waals surface area contributed by atoms with Crippen molar-refractivity contribution >= 4 is 17.7 Å². The van der Waals surface area contributed by atoms with Gasteiger partial charge in [0.05, 0.1) is 17.1 Å². The Morgan fingerprint density at radius 3 is 2.49 bits per heavy atom. The zero-order chi connectivity index (χ0) is 24.5. The van der Waals surface area contributed by atoms with Crippen LogP contribution in [0, 0.1) is 13.8 Å². The molecule has 1 saturated carbocycles. The van der Waals surface area contributed by atoms with Gasteiger partial charge in [0.1, 0.15) is 0 Å². The van der Waals surface area contributed by atoms with Crippen molar-refractivity contribution in [3.8, 4) is 11.4 Å². The molecule has 1 amide bonds. The summed E-state index contributed by atoms with van der Waals surface area (Å²) >= 11 is 1.25. The molecule has 10 heteroatoms. The molecule has 2 heterocycles. The molecular weight excluding hydrogens is 462 g/mol. The van der Waals surface area contributed by atoms with E-state index in [0.717, 1.165) is 29.8 Å². The molecule has 1 aliphatic rings. The Balaban J connectivity index is 1.36. The largest absolute Gasteiger partial charge is 0.335 e. The van der Waals surface area contributed by atoms with Crippen LogP contribution < -0.4 is 5.56 Å². The molecule has 2 aromatic heterocycles. The number of nitrogens with zero attached hydrogens (tertiary/aromatic N) is 7. The second-order valence-corrected chi connectivity index (χ2v) is 9.75. The maximum Gasteiger partial charge on any atom is 0.297 e. The summed E-state index contributed by atoms with van der Waals surface area (Å²) < 4.78 is 4.81. The minimum atomic E-state index is -0.226. The monoisotopic (exact) mass is 489 g/mol. The SMILES string of the molecule is Cc1ccc(CN(C(=O)CSc2nnnn2-c2c(C)n(C)n(-c3ccccc3)c2=O)C2CC2)cc1. The highest BCUT2D eigenvalue weighted by Gasteiger charge is 2.33. The maximum atomic E-state index is 13.4. The van der Waals surface area contributed by atoms with Gasteiger partial charge in [0.25, 0.3) is 5.56 Å². The molecule has 0 unspecified atom stereocenters. The Kier molecular flexibility index (Phi) is 6.29. The number of benzene rings is 2. The van der Waals surface area contributed by atoms with Crippen LogP contribution in [0.5, 0.6) is 0 Å². The third-order valence-corrected chi connectivity index (χ3v) is 7.19. The zero-order valence-electron chi connectivity index (χ0n) is 20.0. The molecule has 0 aliphatic heterocycles. The van der Waals surface area contributed by atoms with Crippen LogP contribution in [0.15, 0.2) is 64.5 Å². The predicted octanol–water partition coefficient (Wildman–Crippen LogP) is 3.05. The summed E-state index contributed by atoms with van der Waals surface area (Å²) in [5, 5.41) is 12.4. The van der Waals surface area contributed by atoms with E-state index in [4.69, 9.17) is 0 Å². The average Bonchev–Trinajstić information content (AvgIpc) is 3.56. The van der Waals surface area contributed by atoms with Gasteiger partial charge >= 0.3 is 0 Å². The molecule has 35 heavy (non-hydrogen) atoms. The lowest BCUT2D eigenvalue weighted by molar-refractivity contribution is -0.129. The second kappa shape index (κ2) is 9.53. The zero-order valence-corrected chi connectivity index (χ0v) is 20.8. The van der Waals surface area contributed by atoms with Gasteiger partial charge in [0.2, 0.25) is 11.1 Å². The minimum absolute atomic E-state index is 0.0408. The molecule has 0 N–H and O–H groups in total. The van der Waals surface area contributed by atoms with Gasteiger partial charge in [-0.2, -0.15) is 4.68 Å². The number of rotatable bonds is 8. The fourth-order valence-corrected chi connectivity index (χ4v) is 4.88. The van der Waals surface area contributed by atoms with Crippen LogP contribution in [-0.2, 0) is 18.4 Å². The number of para-hydroxylation sites is 1. The second-order valence-electron chi connectivity index (χ2n) is 8.81. The van der Waals surface area contributed by atoms with Gasteiger partial charge in [-0.1, -0.05) is 59.8 Å². The van der Waals surface area contributed by atoms with Crippen molar-refractivity contribution in [3.63, 3.8) is 0 Å². The third-order valence-electron chi connectivity index (χ3n) is 6.28. The van der Waals surface area contributed by atoms with Crippen LogP contribution in [0.4, 0.5) is 0 Å². The summed E-state index contributed by atoms with van der Waals surface area (Å²) in [5.74, 6) is 0.237. The number of thioether (sulfide) groups is 1. The van der Waals surface area contributed by atoms with Crippen LogP contribution in [-0.4, -0.2) is 52.2 Å². The topological polar surface area (TPSA) is 90.8 Å². The van der Waals surface area contributed by atoms with E-state index in [1.165, 1.54) is 22.0 Å². The Labute approximate surface area is 207 Å². The third kappa shape index (κ3) is 4.66. The fourth-order valence-electron chi connectivity index (χ4n) is 4.11. The maximum absolute atomic E-state index is 13.4. The number of carbonyl (C=O) groups is 1. The highest BCUT2D eigenvalue weighted by Crippen LogP contribution is 2.30. The van der Waals surface area contributed by atoms with Gasteiger partial charge in [-0.05, 0) is 54.8 Å². The van der Waals surface area contributed by atoms with Crippen molar-refractivity contribution in [1.82, 2.24) is 34.5 Å². The van der Waals surface area contributed by atoms with Crippen molar-refractivity contribution in [2.75, 3.05) is 5.75 Å². The predicted molar refractivity (Wildman–Crippen MR) is 134 cm³/mol. The van der Waals surface area contributed by atoms with Crippen molar-refractivity contribution < 1.29 is 4.79 Å². The van der Waals surface area contributed by atoms with Crippen LogP contribution in [0.2, 0.25) is 0 Å². The number of aryl methyl sites for hydroxylation is 1. The minimum Gasteiger partial charge on any atom is -0.335 e. The first kappa shape index (κ1) is 23.1. The van der Waals surface area contributed by atoms with Crippen LogP contribution in [0.25, 0.3) is 11.4 Å². The molecule has 180 valence electrons. The van der Waals surface area contributed by atoms with Crippen molar-refractivity contribution in [2.24, 2.45) is 7.05 Å². The normalized spacial score (nSPS) is 13.2. The number of amides is 1. The molecule has 0 bridgehead atoms. The molecule has 9 nitrogen and oxygen atoms in total. The van der Waals surface area contributed by atoms with E-state index < -0.39 is 0 Å². The highest BCUT2D eigenvalue weighted by molar-refractivity contribution is 7.99. The number of tetrazole rings is 1. The summed E-state index contributed by atoms with van der Waals surface area (Å²) in [6.45, 7) is 4.50. The summed E-state index contributed by atoms with van der Waals surface area (Å²) in [4.78, 5) is 28.5. The molecule has 0 radical (unpaired) electrons. The quantitative estimate of drug-likeness (QED) is 0.354. The van der Waals surface area contributed by atoms with Gasteiger partial charge in [-0.3, -0.25) is 14.3 Å². The van der Waals surface area contributed by atoms with Gasteiger partial charge in [-0.25, -0.2) is 4.68 Å². The Bertz CT molecular complexity index is 1400. The van der Waals surface area contributed by atoms with Crippen LogP contribution in [0.1, 0.15) is 29.7 Å². The summed E-state index contributed by atoms with van der Waals surface area (Å²) in [6, 6.07) is 18.0. The van der Waals surface area contributed by atoms with Crippen LogP contribution in [0.3, 0.4) is 0 Å². The lowest BCUT2D eigenvalue weighted by Gasteiger charge is -2.22. The molecule has 0 spiro atoms. The first-order valence-corrected chi connectivity index (χ1v) is 12.5. The molecular formula is C25H27N7O2S. The highest BCUT2D eigenvalue weighted by atomic mass is 32.2. The number of hydrogen-bond donors (Lipinski definition) is 0. The van der Waals surface area contributed by atoms with Crippen molar-refractivity contribution in [3.05, 3.63) is 81.8 Å². The average molecular weight is 490 g/mol. The first-order chi connectivity index (χ1) is 16.9. The van der Waals surface area contributed by atoms with E-state index >= 15 is 0 Å². The van der Waals surface area contributed by atoms with E-state index in [9.17, 15) is 9.59 Å². The number of carbonyl (C=O) groups excluding carboxylic acids is 1. The summed E-state index contributed by atoms with van der Waals surface area (Å²) in [5.41, 5.74) is 3.93. The lowest BCUT2D eigenvalue weighted by Crippen LogP contribution is -2.34. The number of aromatic nitrogens is 6. The standard InChI is InChI=1S/C25H27N7O2S/c1-17-9-11-19(12-10-17)15-30(20-13-14-20)22(33)16-35-25-26-27-28-31(25)23-18(2)29(3)32(24(23)34)21-7-5-4-6-8-21/h4-12,20H,13-16H2,1-3H3. The molecule has 1 fully saturated rings. The van der Waals surface area contributed by atoms with E-state index in [2.05, 4.69) is 46.7 Å². The molecule has 0 saturated heterocycles. The smallest absolute Gasteiger partial charge is 0.297 e. The Hall–Kier alpha value is -3.66. The first-order valence-electron chi connectivity index (χ1n) is 11.5. The van der Waals surface area contributed by atoms with E-state index in [1.54, 1.807) is 9.36 Å².